The molecule has 1 aliphatic heterocycles. The average molecular weight is 471 g/mol. The molecule has 0 aliphatic carbocycles. The minimum absolute atomic E-state index is 0.0268. The van der Waals surface area contributed by atoms with E-state index in [4.69, 9.17) is 9.73 Å². The molecule has 1 saturated heterocycles. The number of hydrogen-bond donors (Lipinski definition) is 0. The Bertz CT molecular complexity index is 1250. The van der Waals surface area contributed by atoms with Gasteiger partial charge in [-0.3, -0.25) is 9.69 Å². The molecule has 1 amide bonds. The van der Waals surface area contributed by atoms with Gasteiger partial charge in [0, 0.05) is 0 Å². The first-order chi connectivity index (χ1) is 16.4. The number of hydrogen-bond acceptors (Lipinski definition) is 4. The van der Waals surface area contributed by atoms with Gasteiger partial charge in [-0.1, -0.05) is 61.9 Å². The van der Waals surface area contributed by atoms with Crippen LogP contribution in [0, 0.1) is 13.8 Å². The highest BCUT2D eigenvalue weighted by molar-refractivity contribution is 8.18. The van der Waals surface area contributed by atoms with Crippen LogP contribution in [0.2, 0.25) is 0 Å². The van der Waals surface area contributed by atoms with Crippen molar-refractivity contribution in [3.05, 3.63) is 99.5 Å². The Kier molecular flexibility index (Phi) is 7.23. The molecule has 34 heavy (non-hydrogen) atoms. The van der Waals surface area contributed by atoms with Gasteiger partial charge in [0.1, 0.15) is 5.75 Å². The molecule has 0 bridgehead atoms. The average Bonchev–Trinajstić information content (AvgIpc) is 3.10. The summed E-state index contributed by atoms with van der Waals surface area (Å²) < 4.78 is 5.59. The van der Waals surface area contributed by atoms with E-state index in [-0.39, 0.29) is 5.91 Å². The first kappa shape index (κ1) is 23.8. The minimum atomic E-state index is -0.0268. The third-order valence-corrected chi connectivity index (χ3v) is 6.86. The van der Waals surface area contributed by atoms with Crippen LogP contribution in [0.15, 0.2) is 76.6 Å². The predicted octanol–water partition coefficient (Wildman–Crippen LogP) is 7.24. The number of amides is 1. The maximum absolute atomic E-state index is 13.6. The van der Waals surface area contributed by atoms with Gasteiger partial charge in [0.25, 0.3) is 5.91 Å². The number of thioether (sulfide) groups is 1. The van der Waals surface area contributed by atoms with Crippen molar-refractivity contribution in [1.82, 2.24) is 4.90 Å². The number of carbonyl (C=O) groups is 1. The molecular formula is C29H30N2O2S. The number of nitrogens with zero attached hydrogens (tertiary/aromatic N) is 2. The molecule has 0 aromatic heterocycles. The lowest BCUT2D eigenvalue weighted by molar-refractivity contribution is -0.122. The van der Waals surface area contributed by atoms with E-state index in [9.17, 15) is 4.79 Å². The molecule has 3 aromatic rings. The van der Waals surface area contributed by atoms with Crippen molar-refractivity contribution in [3.8, 4) is 5.75 Å². The second-order valence-electron chi connectivity index (χ2n) is 8.82. The van der Waals surface area contributed by atoms with Crippen LogP contribution in [-0.2, 0) is 11.3 Å². The highest BCUT2D eigenvalue weighted by Gasteiger charge is 2.33. The molecule has 4 nitrogen and oxygen atoms in total. The normalized spacial score (nSPS) is 16.2. The number of amidine groups is 1. The third-order valence-electron chi connectivity index (χ3n) is 5.86. The fourth-order valence-corrected chi connectivity index (χ4v) is 4.86. The lowest BCUT2D eigenvalue weighted by Crippen LogP contribution is -2.28. The van der Waals surface area contributed by atoms with E-state index in [1.807, 2.05) is 67.6 Å². The number of ether oxygens (including phenoxy) is 1. The van der Waals surface area contributed by atoms with Crippen molar-refractivity contribution in [3.63, 3.8) is 0 Å². The van der Waals surface area contributed by atoms with E-state index >= 15 is 0 Å². The minimum Gasteiger partial charge on any atom is -0.496 e. The lowest BCUT2D eigenvalue weighted by Gasteiger charge is -2.16. The molecule has 0 spiro atoms. The topological polar surface area (TPSA) is 41.9 Å². The van der Waals surface area contributed by atoms with E-state index in [0.29, 0.717) is 22.5 Å². The van der Waals surface area contributed by atoms with Crippen LogP contribution in [0.4, 0.5) is 5.69 Å². The molecule has 0 unspecified atom stereocenters. The van der Waals surface area contributed by atoms with Gasteiger partial charge in [0.2, 0.25) is 0 Å². The molecule has 4 rings (SSSR count). The van der Waals surface area contributed by atoms with Crippen molar-refractivity contribution in [1.29, 1.82) is 0 Å². The lowest BCUT2D eigenvalue weighted by atomic mass is 9.96. The van der Waals surface area contributed by atoms with Crippen LogP contribution in [0.3, 0.4) is 0 Å². The van der Waals surface area contributed by atoms with Gasteiger partial charge < -0.3 is 4.74 Å². The van der Waals surface area contributed by atoms with Crippen molar-refractivity contribution >= 4 is 34.6 Å². The van der Waals surface area contributed by atoms with Crippen LogP contribution in [0.25, 0.3) is 6.08 Å². The van der Waals surface area contributed by atoms with Gasteiger partial charge in [-0.25, -0.2) is 4.99 Å². The van der Waals surface area contributed by atoms with Gasteiger partial charge in [-0.15, -0.1) is 0 Å². The molecule has 1 aliphatic rings. The largest absolute Gasteiger partial charge is 0.496 e. The maximum atomic E-state index is 13.6. The monoisotopic (exact) mass is 470 g/mol. The zero-order valence-electron chi connectivity index (χ0n) is 20.3. The fraction of sp³-hybridized carbons (Fsp3) is 0.241. The van der Waals surface area contributed by atoms with Crippen LogP contribution in [0.1, 0.15) is 47.6 Å². The Labute approximate surface area is 206 Å². The molecule has 0 atom stereocenters. The standard InChI is InChI=1S/C29H30N2O2S/c1-19(2)25-16-23(21(4)15-26(25)33-5)17-27-28(32)31(18-22-9-7-6-8-10-22)29(34-27)30-24-13-11-20(3)12-14-24/h6-17,19H,18H2,1-5H3/b27-17+,30-29?. The molecule has 0 radical (unpaired) electrons. The Hall–Kier alpha value is -3.31. The number of rotatable bonds is 6. The molecule has 1 heterocycles. The fourth-order valence-electron chi connectivity index (χ4n) is 3.87. The molecule has 1 fully saturated rings. The van der Waals surface area contributed by atoms with Crippen LogP contribution < -0.4 is 4.74 Å². The summed E-state index contributed by atoms with van der Waals surface area (Å²) in [7, 11) is 1.70. The van der Waals surface area contributed by atoms with Crippen LogP contribution in [0.5, 0.6) is 5.75 Å². The molecule has 5 heteroatoms. The smallest absolute Gasteiger partial charge is 0.267 e. The van der Waals surface area contributed by atoms with Crippen LogP contribution in [-0.4, -0.2) is 23.1 Å². The number of benzene rings is 3. The summed E-state index contributed by atoms with van der Waals surface area (Å²) in [4.78, 5) is 20.8. The van der Waals surface area contributed by atoms with E-state index in [2.05, 4.69) is 32.9 Å². The summed E-state index contributed by atoms with van der Waals surface area (Å²) in [5, 5.41) is 0.694. The predicted molar refractivity (Wildman–Crippen MR) is 143 cm³/mol. The Balaban J connectivity index is 1.74. The van der Waals surface area contributed by atoms with Gasteiger partial charge >= 0.3 is 0 Å². The maximum Gasteiger partial charge on any atom is 0.267 e. The SMILES string of the molecule is COc1cc(C)c(/C=C2/SC(=Nc3ccc(C)cc3)N(Cc3ccccc3)C2=O)cc1C(C)C. The summed E-state index contributed by atoms with van der Waals surface area (Å²) in [5.74, 6) is 1.17. The molecule has 0 saturated carbocycles. The number of aryl methyl sites for hydroxylation is 2. The highest BCUT2D eigenvalue weighted by Crippen LogP contribution is 2.37. The summed E-state index contributed by atoms with van der Waals surface area (Å²) in [6.45, 7) is 8.87. The number of carbonyl (C=O) groups excluding carboxylic acids is 1. The molecular weight excluding hydrogens is 440 g/mol. The molecule has 174 valence electrons. The molecule has 0 N–H and O–H groups in total. The van der Waals surface area contributed by atoms with Gasteiger partial charge in [-0.2, -0.15) is 0 Å². The van der Waals surface area contributed by atoms with E-state index < -0.39 is 0 Å². The van der Waals surface area contributed by atoms with E-state index in [0.717, 1.165) is 33.7 Å². The quantitative estimate of drug-likeness (QED) is 0.357. The third kappa shape index (κ3) is 5.26. The Morgan fingerprint density at radius 3 is 2.38 bits per heavy atom. The second kappa shape index (κ2) is 10.3. The zero-order chi connectivity index (χ0) is 24.2. The number of aliphatic imine (C=N–C) groups is 1. The van der Waals surface area contributed by atoms with Crippen molar-refractivity contribution in [2.45, 2.75) is 40.2 Å². The first-order valence-electron chi connectivity index (χ1n) is 11.4. The Morgan fingerprint density at radius 2 is 1.74 bits per heavy atom. The van der Waals surface area contributed by atoms with Crippen molar-refractivity contribution in [2.24, 2.45) is 4.99 Å². The molecule has 3 aromatic carbocycles. The van der Waals surface area contributed by atoms with Crippen molar-refractivity contribution < 1.29 is 9.53 Å². The van der Waals surface area contributed by atoms with E-state index in [1.54, 1.807) is 12.0 Å². The summed E-state index contributed by atoms with van der Waals surface area (Å²) in [6, 6.07) is 22.3. The number of methoxy groups -OCH3 is 1. The van der Waals surface area contributed by atoms with Gasteiger partial charge in [0.15, 0.2) is 5.17 Å². The highest BCUT2D eigenvalue weighted by atomic mass is 32.2. The summed E-state index contributed by atoms with van der Waals surface area (Å²) in [6.07, 6.45) is 1.99. The summed E-state index contributed by atoms with van der Waals surface area (Å²) in [5.41, 5.74) is 6.30. The second-order valence-corrected chi connectivity index (χ2v) is 9.83. The first-order valence-corrected chi connectivity index (χ1v) is 12.3. The zero-order valence-corrected chi connectivity index (χ0v) is 21.1. The summed E-state index contributed by atoms with van der Waals surface area (Å²) >= 11 is 1.43. The van der Waals surface area contributed by atoms with Crippen molar-refractivity contribution in [2.75, 3.05) is 7.11 Å². The van der Waals surface area contributed by atoms with Gasteiger partial charge in [-0.05, 0) is 84.1 Å². The van der Waals surface area contributed by atoms with Crippen LogP contribution >= 0.6 is 11.8 Å². The van der Waals surface area contributed by atoms with Gasteiger partial charge in [0.05, 0.1) is 24.2 Å². The van der Waals surface area contributed by atoms with E-state index in [1.165, 1.54) is 17.3 Å². The Morgan fingerprint density at radius 1 is 1.03 bits per heavy atom.